The Morgan fingerprint density at radius 3 is 2.55 bits per heavy atom. The van der Waals surface area contributed by atoms with Gasteiger partial charge in [0.15, 0.2) is 0 Å². The van der Waals surface area contributed by atoms with Gasteiger partial charge in [0.05, 0.1) is 5.69 Å². The van der Waals surface area contributed by atoms with Gasteiger partial charge >= 0.3 is 6.61 Å². The summed E-state index contributed by atoms with van der Waals surface area (Å²) in [6.07, 6.45) is 0. The standard InChI is InChI=1S/C16H10ClF2NOS/c17-12-6-4-10(5-7-12)15-20-14(9-22-15)11-2-1-3-13(8-11)21-16(18)19/h1-9,16H. The largest absolute Gasteiger partial charge is 0.435 e. The van der Waals surface area contributed by atoms with Crippen molar-refractivity contribution in [3.8, 4) is 27.6 Å². The van der Waals surface area contributed by atoms with Gasteiger partial charge in [0.25, 0.3) is 0 Å². The van der Waals surface area contributed by atoms with E-state index < -0.39 is 6.61 Å². The Bertz CT molecular complexity index is 774. The SMILES string of the molecule is FC(F)Oc1cccc(-c2csc(-c3ccc(Cl)cc3)n2)c1. The molecule has 0 aliphatic heterocycles. The fourth-order valence-electron chi connectivity index (χ4n) is 1.96. The highest BCUT2D eigenvalue weighted by atomic mass is 35.5. The second kappa shape index (κ2) is 6.42. The maximum atomic E-state index is 12.3. The van der Waals surface area contributed by atoms with Crippen LogP contribution in [0.1, 0.15) is 0 Å². The maximum Gasteiger partial charge on any atom is 0.387 e. The Labute approximate surface area is 135 Å². The Morgan fingerprint density at radius 2 is 1.82 bits per heavy atom. The van der Waals surface area contributed by atoms with E-state index in [1.54, 1.807) is 30.3 Å². The molecule has 2 nitrogen and oxygen atoms in total. The number of aromatic nitrogens is 1. The molecule has 0 N–H and O–H groups in total. The molecule has 112 valence electrons. The fourth-order valence-corrected chi connectivity index (χ4v) is 2.92. The number of rotatable bonds is 4. The van der Waals surface area contributed by atoms with Crippen LogP contribution in [0.2, 0.25) is 5.02 Å². The molecule has 0 fully saturated rings. The Morgan fingerprint density at radius 1 is 1.05 bits per heavy atom. The van der Waals surface area contributed by atoms with Crippen molar-refractivity contribution in [2.75, 3.05) is 0 Å². The first-order chi connectivity index (χ1) is 10.6. The van der Waals surface area contributed by atoms with Crippen LogP contribution in [0.25, 0.3) is 21.8 Å². The van der Waals surface area contributed by atoms with Crippen molar-refractivity contribution in [2.24, 2.45) is 0 Å². The predicted molar refractivity (Wildman–Crippen MR) is 84.6 cm³/mol. The first-order valence-corrected chi connectivity index (χ1v) is 7.64. The maximum absolute atomic E-state index is 12.3. The first-order valence-electron chi connectivity index (χ1n) is 6.38. The monoisotopic (exact) mass is 337 g/mol. The van der Waals surface area contributed by atoms with Gasteiger partial charge in [-0.1, -0.05) is 35.9 Å². The van der Waals surface area contributed by atoms with Gasteiger partial charge in [-0.3, -0.25) is 0 Å². The molecule has 6 heteroatoms. The summed E-state index contributed by atoms with van der Waals surface area (Å²) < 4.78 is 28.9. The summed E-state index contributed by atoms with van der Waals surface area (Å²) in [5, 5.41) is 3.38. The minimum atomic E-state index is -2.84. The molecule has 2 aromatic carbocycles. The highest BCUT2D eigenvalue weighted by molar-refractivity contribution is 7.13. The van der Waals surface area contributed by atoms with Crippen LogP contribution in [0.4, 0.5) is 8.78 Å². The molecule has 22 heavy (non-hydrogen) atoms. The lowest BCUT2D eigenvalue weighted by Gasteiger charge is -2.05. The molecule has 0 atom stereocenters. The third-order valence-electron chi connectivity index (χ3n) is 2.95. The molecule has 3 rings (SSSR count). The molecule has 1 aromatic heterocycles. The quantitative estimate of drug-likeness (QED) is 0.606. The third kappa shape index (κ3) is 3.43. The van der Waals surface area contributed by atoms with Gasteiger partial charge in [0, 0.05) is 21.5 Å². The molecule has 0 radical (unpaired) electrons. The Balaban J connectivity index is 1.89. The van der Waals surface area contributed by atoms with Gasteiger partial charge in [-0.25, -0.2) is 4.98 Å². The molecule has 0 aliphatic carbocycles. The molecule has 0 bridgehead atoms. The van der Waals surface area contributed by atoms with E-state index in [0.717, 1.165) is 21.8 Å². The number of benzene rings is 2. The highest BCUT2D eigenvalue weighted by Gasteiger charge is 2.09. The lowest BCUT2D eigenvalue weighted by molar-refractivity contribution is -0.0498. The van der Waals surface area contributed by atoms with Crippen molar-refractivity contribution in [3.63, 3.8) is 0 Å². The lowest BCUT2D eigenvalue weighted by atomic mass is 10.1. The summed E-state index contributed by atoms with van der Waals surface area (Å²) in [4.78, 5) is 4.53. The average molecular weight is 338 g/mol. The molecule has 0 saturated heterocycles. The van der Waals surface area contributed by atoms with E-state index in [9.17, 15) is 8.78 Å². The smallest absolute Gasteiger partial charge is 0.387 e. The van der Waals surface area contributed by atoms with E-state index in [4.69, 9.17) is 11.6 Å². The van der Waals surface area contributed by atoms with E-state index in [1.807, 2.05) is 17.5 Å². The molecule has 0 unspecified atom stereocenters. The second-order valence-electron chi connectivity index (χ2n) is 4.45. The van der Waals surface area contributed by atoms with Gasteiger partial charge in [-0.2, -0.15) is 8.78 Å². The van der Waals surface area contributed by atoms with Crippen molar-refractivity contribution in [1.29, 1.82) is 0 Å². The summed E-state index contributed by atoms with van der Waals surface area (Å²) in [6.45, 7) is -2.84. The van der Waals surface area contributed by atoms with E-state index in [1.165, 1.54) is 17.4 Å². The van der Waals surface area contributed by atoms with Gasteiger partial charge < -0.3 is 4.74 Å². The van der Waals surface area contributed by atoms with Crippen LogP contribution in [0.5, 0.6) is 5.75 Å². The number of thiazole rings is 1. The van der Waals surface area contributed by atoms with Crippen molar-refractivity contribution in [1.82, 2.24) is 4.98 Å². The summed E-state index contributed by atoms with van der Waals surface area (Å²) in [5.74, 6) is 0.119. The number of hydrogen-bond donors (Lipinski definition) is 0. The zero-order chi connectivity index (χ0) is 15.5. The van der Waals surface area contributed by atoms with Crippen LogP contribution >= 0.6 is 22.9 Å². The van der Waals surface area contributed by atoms with Crippen LogP contribution in [0, 0.1) is 0 Å². The molecule has 0 aliphatic rings. The minimum absolute atomic E-state index is 0.119. The molecular weight excluding hydrogens is 328 g/mol. The normalized spacial score (nSPS) is 10.9. The van der Waals surface area contributed by atoms with E-state index >= 15 is 0 Å². The second-order valence-corrected chi connectivity index (χ2v) is 5.75. The van der Waals surface area contributed by atoms with Gasteiger partial charge in [-0.05, 0) is 24.3 Å². The molecule has 3 aromatic rings. The number of nitrogens with zero attached hydrogens (tertiary/aromatic N) is 1. The zero-order valence-electron chi connectivity index (χ0n) is 11.2. The summed E-state index contributed by atoms with van der Waals surface area (Å²) in [6, 6.07) is 13.9. The van der Waals surface area contributed by atoms with Gasteiger partial charge in [-0.15, -0.1) is 11.3 Å². The predicted octanol–water partition coefficient (Wildman–Crippen LogP) is 5.73. The van der Waals surface area contributed by atoms with Crippen LogP contribution in [-0.4, -0.2) is 11.6 Å². The molecule has 0 spiro atoms. The van der Waals surface area contributed by atoms with E-state index in [-0.39, 0.29) is 5.75 Å². The van der Waals surface area contributed by atoms with E-state index in [0.29, 0.717) is 5.02 Å². The Hall–Kier alpha value is -1.98. The van der Waals surface area contributed by atoms with Crippen LogP contribution in [-0.2, 0) is 0 Å². The minimum Gasteiger partial charge on any atom is -0.435 e. The summed E-state index contributed by atoms with van der Waals surface area (Å²) in [5.41, 5.74) is 2.41. The van der Waals surface area contributed by atoms with Gasteiger partial charge in [0.2, 0.25) is 0 Å². The average Bonchev–Trinajstić information content (AvgIpc) is 2.97. The van der Waals surface area contributed by atoms with Crippen molar-refractivity contribution in [3.05, 3.63) is 58.9 Å². The number of hydrogen-bond acceptors (Lipinski definition) is 3. The first kappa shape index (κ1) is 14.9. The summed E-state index contributed by atoms with van der Waals surface area (Å²) in [7, 11) is 0. The number of halogens is 3. The molecular formula is C16H10ClF2NOS. The van der Waals surface area contributed by atoms with Crippen molar-refractivity contribution < 1.29 is 13.5 Å². The lowest BCUT2D eigenvalue weighted by Crippen LogP contribution is -2.01. The molecule has 1 heterocycles. The van der Waals surface area contributed by atoms with Crippen LogP contribution in [0.3, 0.4) is 0 Å². The highest BCUT2D eigenvalue weighted by Crippen LogP contribution is 2.31. The molecule has 0 saturated carbocycles. The molecule has 0 amide bonds. The van der Waals surface area contributed by atoms with Crippen LogP contribution in [0.15, 0.2) is 53.9 Å². The topological polar surface area (TPSA) is 22.1 Å². The number of ether oxygens (including phenoxy) is 1. The Kier molecular flexibility index (Phi) is 4.36. The summed E-state index contributed by atoms with van der Waals surface area (Å²) >= 11 is 7.35. The van der Waals surface area contributed by atoms with Crippen molar-refractivity contribution in [2.45, 2.75) is 6.61 Å². The third-order valence-corrected chi connectivity index (χ3v) is 4.09. The van der Waals surface area contributed by atoms with Gasteiger partial charge in [0.1, 0.15) is 10.8 Å². The zero-order valence-corrected chi connectivity index (χ0v) is 12.7. The van der Waals surface area contributed by atoms with Crippen molar-refractivity contribution >= 4 is 22.9 Å². The fraction of sp³-hybridized carbons (Fsp3) is 0.0625. The number of alkyl halides is 2. The van der Waals surface area contributed by atoms with Crippen LogP contribution < -0.4 is 4.74 Å². The van der Waals surface area contributed by atoms with E-state index in [2.05, 4.69) is 9.72 Å².